The van der Waals surface area contributed by atoms with Gasteiger partial charge >= 0.3 is 0 Å². The number of hydrogen-bond acceptors (Lipinski definition) is 3. The molecular weight excluding hydrogens is 343 g/mol. The maximum Gasteiger partial charge on any atom is 0.255 e. The quantitative estimate of drug-likeness (QED) is 0.441. The summed E-state index contributed by atoms with van der Waals surface area (Å²) >= 11 is 2.14. The molecule has 4 nitrogen and oxygen atoms in total. The van der Waals surface area contributed by atoms with Crippen LogP contribution >= 0.6 is 22.6 Å². The second kappa shape index (κ2) is 5.26. The molecule has 0 atom stereocenters. The molecule has 0 saturated carbocycles. The van der Waals surface area contributed by atoms with Crippen LogP contribution in [0.3, 0.4) is 0 Å². The van der Waals surface area contributed by atoms with Gasteiger partial charge in [-0.2, -0.15) is 0 Å². The molecule has 0 aliphatic carbocycles. The van der Waals surface area contributed by atoms with E-state index in [9.17, 15) is 9.90 Å². The van der Waals surface area contributed by atoms with Crippen LogP contribution in [0, 0.1) is 3.57 Å². The van der Waals surface area contributed by atoms with Crippen molar-refractivity contribution in [3.8, 4) is 5.75 Å². The molecule has 18 heavy (non-hydrogen) atoms. The Morgan fingerprint density at radius 1 is 1.22 bits per heavy atom. The Hall–Kier alpha value is -1.76. The van der Waals surface area contributed by atoms with Crippen LogP contribution in [0.2, 0.25) is 0 Å². The van der Waals surface area contributed by atoms with Gasteiger partial charge in [-0.15, -0.1) is 0 Å². The van der Waals surface area contributed by atoms with Crippen molar-refractivity contribution >= 4 is 39.9 Å². The van der Waals surface area contributed by atoms with Gasteiger partial charge in [-0.25, -0.2) is 0 Å². The number of halogens is 1. The van der Waals surface area contributed by atoms with Crippen LogP contribution in [0.15, 0.2) is 42.5 Å². The molecule has 2 aromatic carbocycles. The summed E-state index contributed by atoms with van der Waals surface area (Å²) in [4.78, 5) is 12.0. The van der Waals surface area contributed by atoms with Gasteiger partial charge in [0.05, 0.1) is 11.4 Å². The number of carbonyl (C=O) groups is 1. The molecule has 4 N–H and O–H groups in total. The zero-order chi connectivity index (χ0) is 13.1. The Morgan fingerprint density at radius 3 is 2.67 bits per heavy atom. The summed E-state index contributed by atoms with van der Waals surface area (Å²) in [5.74, 6) is -0.161. The van der Waals surface area contributed by atoms with Gasteiger partial charge in [0.1, 0.15) is 5.75 Å². The summed E-state index contributed by atoms with van der Waals surface area (Å²) in [7, 11) is 0. The first-order valence-corrected chi connectivity index (χ1v) is 6.29. The molecule has 1 amide bonds. The summed E-state index contributed by atoms with van der Waals surface area (Å²) in [5.41, 5.74) is 7.08. The van der Waals surface area contributed by atoms with E-state index in [0.29, 0.717) is 16.9 Å². The molecule has 2 aromatic rings. The van der Waals surface area contributed by atoms with E-state index in [0.717, 1.165) is 3.57 Å². The number of rotatable bonds is 2. The monoisotopic (exact) mass is 354 g/mol. The molecule has 0 aromatic heterocycles. The van der Waals surface area contributed by atoms with Crippen LogP contribution in [0.1, 0.15) is 10.4 Å². The first-order chi connectivity index (χ1) is 8.56. The van der Waals surface area contributed by atoms with E-state index in [1.807, 2.05) is 12.1 Å². The highest BCUT2D eigenvalue weighted by Crippen LogP contribution is 2.23. The molecule has 0 radical (unpaired) electrons. The van der Waals surface area contributed by atoms with Crippen LogP contribution in [-0.2, 0) is 0 Å². The van der Waals surface area contributed by atoms with Gasteiger partial charge in [0, 0.05) is 15.2 Å². The zero-order valence-corrected chi connectivity index (χ0v) is 11.5. The van der Waals surface area contributed by atoms with Crippen molar-refractivity contribution in [3.05, 3.63) is 51.6 Å². The number of carbonyl (C=O) groups excluding carboxylic acids is 1. The summed E-state index contributed by atoms with van der Waals surface area (Å²) < 4.78 is 0.985. The molecule has 0 aliphatic rings. The minimum absolute atomic E-state index is 0.0692. The fourth-order valence-corrected chi connectivity index (χ4v) is 2.03. The lowest BCUT2D eigenvalue weighted by molar-refractivity contribution is 0.102. The van der Waals surface area contributed by atoms with Crippen molar-refractivity contribution in [2.45, 2.75) is 0 Å². The molecule has 0 fully saturated rings. The largest absolute Gasteiger partial charge is 0.508 e. The summed E-state index contributed by atoms with van der Waals surface area (Å²) in [5, 5.41) is 11.9. The van der Waals surface area contributed by atoms with Gasteiger partial charge in [0.15, 0.2) is 0 Å². The van der Waals surface area contributed by atoms with Crippen molar-refractivity contribution in [2.24, 2.45) is 0 Å². The Kier molecular flexibility index (Phi) is 3.71. The van der Waals surface area contributed by atoms with Crippen molar-refractivity contribution in [3.63, 3.8) is 0 Å². The number of benzene rings is 2. The average Bonchev–Trinajstić information content (AvgIpc) is 2.32. The van der Waals surface area contributed by atoms with Crippen LogP contribution < -0.4 is 11.1 Å². The van der Waals surface area contributed by atoms with E-state index in [1.54, 1.807) is 18.2 Å². The molecule has 0 aliphatic heterocycles. The van der Waals surface area contributed by atoms with E-state index < -0.39 is 0 Å². The lowest BCUT2D eigenvalue weighted by Gasteiger charge is -2.08. The normalized spacial score (nSPS) is 10.1. The van der Waals surface area contributed by atoms with Gasteiger partial charge in [-0.3, -0.25) is 4.79 Å². The van der Waals surface area contributed by atoms with Crippen molar-refractivity contribution in [2.75, 3.05) is 11.1 Å². The van der Waals surface area contributed by atoms with Gasteiger partial charge in [0.2, 0.25) is 0 Å². The standard InChI is InChI=1S/C13H11IN2O2/c14-9-3-1-2-8(6-9)13(18)16-12-5-4-10(17)7-11(12)15/h1-7,17H,15H2,(H,16,18). The van der Waals surface area contributed by atoms with E-state index in [-0.39, 0.29) is 11.7 Å². The summed E-state index contributed by atoms with van der Waals surface area (Å²) in [6.07, 6.45) is 0. The fraction of sp³-hybridized carbons (Fsp3) is 0. The maximum absolute atomic E-state index is 12.0. The number of aromatic hydroxyl groups is 1. The number of nitrogen functional groups attached to an aromatic ring is 1. The second-order valence-corrected chi connectivity index (χ2v) is 4.98. The highest BCUT2D eigenvalue weighted by atomic mass is 127. The number of amides is 1. The fourth-order valence-electron chi connectivity index (χ4n) is 1.49. The van der Waals surface area contributed by atoms with Crippen LogP contribution in [0.4, 0.5) is 11.4 Å². The van der Waals surface area contributed by atoms with Gasteiger partial charge < -0.3 is 16.2 Å². The lowest BCUT2D eigenvalue weighted by Crippen LogP contribution is -2.13. The maximum atomic E-state index is 12.0. The van der Waals surface area contributed by atoms with Crippen LogP contribution in [-0.4, -0.2) is 11.0 Å². The Morgan fingerprint density at radius 2 is 2.00 bits per heavy atom. The smallest absolute Gasteiger partial charge is 0.255 e. The van der Waals surface area contributed by atoms with Crippen molar-refractivity contribution in [1.29, 1.82) is 0 Å². The van der Waals surface area contributed by atoms with E-state index in [2.05, 4.69) is 27.9 Å². The second-order valence-electron chi connectivity index (χ2n) is 3.74. The molecular formula is C13H11IN2O2. The van der Waals surface area contributed by atoms with E-state index >= 15 is 0 Å². The third kappa shape index (κ3) is 2.92. The molecule has 0 unspecified atom stereocenters. The van der Waals surface area contributed by atoms with Gasteiger partial charge in [0.25, 0.3) is 5.91 Å². The van der Waals surface area contributed by atoms with E-state index in [1.165, 1.54) is 12.1 Å². The number of hydrogen-bond donors (Lipinski definition) is 3. The molecule has 0 heterocycles. The number of phenolic OH excluding ortho intramolecular Hbond substituents is 1. The first kappa shape index (κ1) is 12.7. The lowest BCUT2D eigenvalue weighted by atomic mass is 10.2. The predicted molar refractivity (Wildman–Crippen MR) is 79.6 cm³/mol. The third-order valence-electron chi connectivity index (χ3n) is 2.37. The summed E-state index contributed by atoms with van der Waals surface area (Å²) in [6.45, 7) is 0. The van der Waals surface area contributed by atoms with Crippen molar-refractivity contribution < 1.29 is 9.90 Å². The predicted octanol–water partition coefficient (Wildman–Crippen LogP) is 2.83. The highest BCUT2D eigenvalue weighted by Gasteiger charge is 2.08. The zero-order valence-electron chi connectivity index (χ0n) is 9.35. The number of phenols is 1. The highest BCUT2D eigenvalue weighted by molar-refractivity contribution is 14.1. The molecule has 2 rings (SSSR count). The molecule has 0 saturated heterocycles. The molecule has 5 heteroatoms. The molecule has 92 valence electrons. The number of nitrogens with two attached hydrogens (primary N) is 1. The van der Waals surface area contributed by atoms with E-state index in [4.69, 9.17) is 5.73 Å². The number of anilines is 2. The Bertz CT molecular complexity index is 599. The third-order valence-corrected chi connectivity index (χ3v) is 3.04. The van der Waals surface area contributed by atoms with Gasteiger partial charge in [-0.05, 0) is 52.9 Å². The minimum Gasteiger partial charge on any atom is -0.508 e. The number of nitrogens with one attached hydrogen (secondary N) is 1. The molecule has 0 spiro atoms. The van der Waals surface area contributed by atoms with Crippen LogP contribution in [0.5, 0.6) is 5.75 Å². The Labute approximate surface area is 118 Å². The van der Waals surface area contributed by atoms with Gasteiger partial charge in [-0.1, -0.05) is 6.07 Å². The SMILES string of the molecule is Nc1cc(O)ccc1NC(=O)c1cccc(I)c1. The molecule has 0 bridgehead atoms. The summed E-state index contributed by atoms with van der Waals surface area (Å²) in [6, 6.07) is 11.7. The first-order valence-electron chi connectivity index (χ1n) is 5.21. The van der Waals surface area contributed by atoms with Crippen LogP contribution in [0.25, 0.3) is 0 Å². The average molecular weight is 354 g/mol. The Balaban J connectivity index is 2.21. The van der Waals surface area contributed by atoms with Crippen molar-refractivity contribution in [1.82, 2.24) is 0 Å². The minimum atomic E-state index is -0.231. The topological polar surface area (TPSA) is 75.3 Å².